The molecule has 0 N–H and O–H groups in total. The Hall–Kier alpha value is -3.25. The first-order chi connectivity index (χ1) is 16.7. The Morgan fingerprint density at radius 1 is 0.943 bits per heavy atom. The molecule has 3 aromatic rings. The minimum Gasteiger partial charge on any atom is -0.457 e. The number of hydrogen-bond acceptors (Lipinski definition) is 4. The molecule has 6 heteroatoms. The number of hydrogen-bond donors (Lipinski definition) is 0. The second-order valence-electron chi connectivity index (χ2n) is 10.4. The van der Waals surface area contributed by atoms with E-state index in [-0.39, 0.29) is 23.1 Å². The number of ether oxygens (including phenoxy) is 1. The van der Waals surface area contributed by atoms with Crippen molar-refractivity contribution in [3.05, 3.63) is 83.4 Å². The van der Waals surface area contributed by atoms with Crippen molar-refractivity contribution in [3.63, 3.8) is 0 Å². The highest BCUT2D eigenvalue weighted by Crippen LogP contribution is 2.61. The average Bonchev–Trinajstić information content (AvgIpc) is 3.29. The molecule has 1 spiro atoms. The van der Waals surface area contributed by atoms with E-state index in [0.717, 1.165) is 29.0 Å². The molecule has 0 radical (unpaired) electrons. The Balaban J connectivity index is 1.47. The molecule has 35 heavy (non-hydrogen) atoms. The van der Waals surface area contributed by atoms with Crippen LogP contribution in [-0.2, 0) is 14.5 Å². The van der Waals surface area contributed by atoms with Crippen LogP contribution in [0.4, 0.5) is 11.4 Å². The predicted octanol–water partition coefficient (Wildman–Crippen LogP) is 6.35. The maximum absolute atomic E-state index is 14.4. The third-order valence-electron chi connectivity index (χ3n) is 7.35. The molecular weight excluding hydrogens is 456 g/mol. The van der Waals surface area contributed by atoms with Gasteiger partial charge in [-0.15, -0.1) is 11.8 Å². The molecule has 0 aromatic heterocycles. The van der Waals surface area contributed by atoms with E-state index in [1.165, 1.54) is 17.3 Å². The first kappa shape index (κ1) is 22.2. The van der Waals surface area contributed by atoms with Crippen LogP contribution in [0.2, 0.25) is 0 Å². The Morgan fingerprint density at radius 2 is 1.63 bits per heavy atom. The van der Waals surface area contributed by atoms with Crippen LogP contribution in [0.15, 0.2) is 66.7 Å². The van der Waals surface area contributed by atoms with Gasteiger partial charge in [-0.05, 0) is 75.1 Å². The molecule has 0 bridgehead atoms. The fourth-order valence-corrected chi connectivity index (χ4v) is 7.35. The standard InChI is InChI=1S/C29H28N2O3S/c1-18-14-23-19(2)16-28(3,4)31-26(23)24(15-18)29(27(31)33)30(25(32)17-35-29)20-10-12-22(13-11-20)34-21-8-6-5-7-9-21/h5-15,19H,16-17H2,1-4H3/t19-,29-/m0/s1. The minimum absolute atomic E-state index is 0.0169. The quantitative estimate of drug-likeness (QED) is 0.435. The SMILES string of the molecule is Cc1cc2c3c(c1)[C@]1(SCC(=O)N1c1ccc(Oc4ccccc4)cc1)C(=O)N3C(C)(C)C[C@@H]2C. The summed E-state index contributed by atoms with van der Waals surface area (Å²) in [5, 5.41) is 0. The van der Waals surface area contributed by atoms with E-state index in [9.17, 15) is 9.59 Å². The van der Waals surface area contributed by atoms with Crippen LogP contribution in [-0.4, -0.2) is 23.1 Å². The van der Waals surface area contributed by atoms with Crippen molar-refractivity contribution in [1.29, 1.82) is 0 Å². The van der Waals surface area contributed by atoms with E-state index in [2.05, 4.69) is 39.8 Å². The third-order valence-corrected chi connectivity index (χ3v) is 8.74. The molecule has 5 nitrogen and oxygen atoms in total. The van der Waals surface area contributed by atoms with Crippen LogP contribution in [0, 0.1) is 6.92 Å². The van der Waals surface area contributed by atoms with Gasteiger partial charge in [0.1, 0.15) is 11.5 Å². The van der Waals surface area contributed by atoms with Crippen LogP contribution in [0.25, 0.3) is 0 Å². The zero-order valence-electron chi connectivity index (χ0n) is 20.4. The number of amides is 2. The van der Waals surface area contributed by atoms with Gasteiger partial charge in [0.25, 0.3) is 5.91 Å². The lowest BCUT2D eigenvalue weighted by Gasteiger charge is -2.44. The highest BCUT2D eigenvalue weighted by atomic mass is 32.2. The lowest BCUT2D eigenvalue weighted by atomic mass is 9.80. The molecule has 178 valence electrons. The van der Waals surface area contributed by atoms with Crippen LogP contribution in [0.3, 0.4) is 0 Å². The summed E-state index contributed by atoms with van der Waals surface area (Å²) in [4.78, 5) is 30.3. The molecule has 2 atom stereocenters. The number of fused-ring (bicyclic) bond motifs is 1. The third kappa shape index (κ3) is 3.16. The number of aryl methyl sites for hydroxylation is 1. The summed E-state index contributed by atoms with van der Waals surface area (Å²) < 4.78 is 5.95. The Morgan fingerprint density at radius 3 is 2.34 bits per heavy atom. The van der Waals surface area contributed by atoms with Gasteiger partial charge in [-0.1, -0.05) is 42.8 Å². The van der Waals surface area contributed by atoms with Gasteiger partial charge in [-0.3, -0.25) is 14.5 Å². The molecule has 1 saturated heterocycles. The topological polar surface area (TPSA) is 49.9 Å². The number of benzene rings is 3. The zero-order chi connectivity index (χ0) is 24.5. The second-order valence-corrected chi connectivity index (χ2v) is 11.5. The maximum Gasteiger partial charge on any atom is 0.269 e. The molecule has 3 aromatic carbocycles. The average molecular weight is 485 g/mol. The van der Waals surface area contributed by atoms with Gasteiger partial charge in [-0.2, -0.15) is 0 Å². The van der Waals surface area contributed by atoms with Gasteiger partial charge >= 0.3 is 0 Å². The zero-order valence-corrected chi connectivity index (χ0v) is 21.2. The summed E-state index contributed by atoms with van der Waals surface area (Å²) in [6, 6.07) is 21.4. The van der Waals surface area contributed by atoms with E-state index in [1.54, 1.807) is 4.90 Å². The Kier molecular flexibility index (Phi) is 4.84. The van der Waals surface area contributed by atoms with Gasteiger partial charge in [0.05, 0.1) is 11.4 Å². The number of nitrogens with zero attached hydrogens (tertiary/aromatic N) is 2. The van der Waals surface area contributed by atoms with Crippen molar-refractivity contribution in [2.45, 2.75) is 50.4 Å². The van der Waals surface area contributed by atoms with Crippen molar-refractivity contribution < 1.29 is 14.3 Å². The van der Waals surface area contributed by atoms with Crippen LogP contribution >= 0.6 is 11.8 Å². The summed E-state index contributed by atoms with van der Waals surface area (Å²) in [5.74, 6) is 1.96. The van der Waals surface area contributed by atoms with Crippen LogP contribution in [0.1, 0.15) is 49.8 Å². The van der Waals surface area contributed by atoms with Crippen molar-refractivity contribution in [2.24, 2.45) is 0 Å². The molecular formula is C29H28N2O3S. The van der Waals surface area contributed by atoms with E-state index >= 15 is 0 Å². The summed E-state index contributed by atoms with van der Waals surface area (Å²) in [5.41, 5.74) is 4.64. The van der Waals surface area contributed by atoms with E-state index < -0.39 is 4.87 Å². The largest absolute Gasteiger partial charge is 0.457 e. The molecule has 1 fully saturated rings. The molecule has 0 unspecified atom stereocenters. The smallest absolute Gasteiger partial charge is 0.269 e. The summed E-state index contributed by atoms with van der Waals surface area (Å²) in [7, 11) is 0. The van der Waals surface area contributed by atoms with Crippen LogP contribution < -0.4 is 14.5 Å². The van der Waals surface area contributed by atoms with Gasteiger partial charge in [0, 0.05) is 16.8 Å². The lowest BCUT2D eigenvalue weighted by molar-refractivity contribution is -0.124. The van der Waals surface area contributed by atoms with Gasteiger partial charge < -0.3 is 9.64 Å². The predicted molar refractivity (Wildman–Crippen MR) is 140 cm³/mol. The maximum atomic E-state index is 14.4. The molecule has 3 aliphatic heterocycles. The van der Waals surface area contributed by atoms with E-state index in [0.29, 0.717) is 17.4 Å². The van der Waals surface area contributed by atoms with Gasteiger partial charge in [-0.25, -0.2) is 0 Å². The van der Waals surface area contributed by atoms with Crippen molar-refractivity contribution >= 4 is 35.0 Å². The monoisotopic (exact) mass is 484 g/mol. The molecule has 3 heterocycles. The molecule has 6 rings (SSSR count). The Bertz CT molecular complexity index is 1350. The highest BCUT2D eigenvalue weighted by molar-refractivity contribution is 8.02. The number of rotatable bonds is 3. The number of para-hydroxylation sites is 1. The molecule has 0 aliphatic carbocycles. The lowest BCUT2D eigenvalue weighted by Crippen LogP contribution is -2.56. The summed E-state index contributed by atoms with van der Waals surface area (Å²) in [6.45, 7) is 8.58. The number of carbonyl (C=O) groups is 2. The molecule has 3 aliphatic rings. The normalized spacial score (nSPS) is 24.3. The van der Waals surface area contributed by atoms with Crippen LogP contribution in [0.5, 0.6) is 11.5 Å². The van der Waals surface area contributed by atoms with Crippen molar-refractivity contribution in [2.75, 3.05) is 15.6 Å². The first-order valence-electron chi connectivity index (χ1n) is 12.0. The summed E-state index contributed by atoms with van der Waals surface area (Å²) >= 11 is 1.44. The van der Waals surface area contributed by atoms with E-state index in [4.69, 9.17) is 4.74 Å². The fraction of sp³-hybridized carbons (Fsp3) is 0.310. The summed E-state index contributed by atoms with van der Waals surface area (Å²) in [6.07, 6.45) is 0.884. The first-order valence-corrected chi connectivity index (χ1v) is 13.0. The second kappa shape index (κ2) is 7.62. The van der Waals surface area contributed by atoms with Crippen molar-refractivity contribution in [1.82, 2.24) is 0 Å². The van der Waals surface area contributed by atoms with Gasteiger partial charge in [0.15, 0.2) is 0 Å². The fourth-order valence-electron chi connectivity index (χ4n) is 6.03. The highest BCUT2D eigenvalue weighted by Gasteiger charge is 2.64. The molecule has 0 saturated carbocycles. The number of carbonyl (C=O) groups excluding carboxylic acids is 2. The number of thioether (sulfide) groups is 1. The number of anilines is 2. The Labute approximate surface area is 210 Å². The molecule has 2 amide bonds. The van der Waals surface area contributed by atoms with E-state index in [1.807, 2.05) is 59.5 Å². The van der Waals surface area contributed by atoms with Crippen molar-refractivity contribution in [3.8, 4) is 11.5 Å². The minimum atomic E-state index is -1.09. The van der Waals surface area contributed by atoms with Gasteiger partial charge in [0.2, 0.25) is 10.8 Å².